The summed E-state index contributed by atoms with van der Waals surface area (Å²) in [6, 6.07) is 20.1. The molecule has 32 heavy (non-hydrogen) atoms. The second kappa shape index (κ2) is 9.62. The van der Waals surface area contributed by atoms with Gasteiger partial charge in [-0.3, -0.25) is 9.59 Å². The number of benzene rings is 3. The molecule has 1 heterocycles. The van der Waals surface area contributed by atoms with Crippen LogP contribution >= 0.6 is 15.9 Å². The van der Waals surface area contributed by atoms with Gasteiger partial charge in [-0.2, -0.15) is 5.10 Å². The van der Waals surface area contributed by atoms with Crippen molar-refractivity contribution in [2.45, 2.75) is 6.54 Å². The minimum atomic E-state index is -0.301. The van der Waals surface area contributed by atoms with E-state index in [4.69, 9.17) is 4.74 Å². The van der Waals surface area contributed by atoms with Gasteiger partial charge in [0.1, 0.15) is 18.9 Å². The molecule has 0 aliphatic carbocycles. The first kappa shape index (κ1) is 21.5. The Kier molecular flexibility index (Phi) is 6.47. The Bertz CT molecular complexity index is 1350. The summed E-state index contributed by atoms with van der Waals surface area (Å²) in [6.07, 6.45) is 3.23. The maximum absolute atomic E-state index is 12.8. The van der Waals surface area contributed by atoms with E-state index in [2.05, 4.69) is 33.0 Å². The molecule has 0 atom stereocenters. The zero-order chi connectivity index (χ0) is 22.5. The second-order valence-electron chi connectivity index (χ2n) is 7.03. The number of halogens is 1. The minimum Gasteiger partial charge on any atom is -0.488 e. The van der Waals surface area contributed by atoms with Gasteiger partial charge in [0.25, 0.3) is 5.91 Å². The number of amides is 1. The van der Waals surface area contributed by atoms with Crippen LogP contribution in [0.3, 0.4) is 0 Å². The first-order chi connectivity index (χ1) is 15.6. The van der Waals surface area contributed by atoms with Crippen molar-refractivity contribution < 1.29 is 9.53 Å². The number of carbonyl (C=O) groups excluding carboxylic acids is 1. The van der Waals surface area contributed by atoms with Crippen molar-refractivity contribution in [3.05, 3.63) is 99.6 Å². The third-order valence-corrected chi connectivity index (χ3v) is 5.52. The number of aromatic nitrogens is 1. The van der Waals surface area contributed by atoms with Crippen LogP contribution in [-0.2, 0) is 11.3 Å². The summed E-state index contributed by atoms with van der Waals surface area (Å²) in [7, 11) is 0. The predicted molar refractivity (Wildman–Crippen MR) is 131 cm³/mol. The number of carbonyl (C=O) groups is 1. The Balaban J connectivity index is 1.55. The van der Waals surface area contributed by atoms with E-state index in [0.29, 0.717) is 34.2 Å². The van der Waals surface area contributed by atoms with Gasteiger partial charge in [0.15, 0.2) is 5.43 Å². The largest absolute Gasteiger partial charge is 0.488 e. The lowest BCUT2D eigenvalue weighted by molar-refractivity contribution is -0.121. The van der Waals surface area contributed by atoms with Crippen LogP contribution in [0.5, 0.6) is 5.75 Å². The Morgan fingerprint density at radius 1 is 1.06 bits per heavy atom. The summed E-state index contributed by atoms with van der Waals surface area (Å²) in [4.78, 5) is 25.5. The fourth-order valence-electron chi connectivity index (χ4n) is 3.47. The molecule has 1 aromatic heterocycles. The molecule has 160 valence electrons. The Morgan fingerprint density at radius 3 is 2.34 bits per heavy atom. The fourth-order valence-corrected chi connectivity index (χ4v) is 3.98. The molecule has 0 saturated heterocycles. The lowest BCUT2D eigenvalue weighted by Crippen LogP contribution is -2.25. The molecule has 7 heteroatoms. The van der Waals surface area contributed by atoms with Gasteiger partial charge in [0, 0.05) is 10.8 Å². The molecule has 0 aliphatic rings. The summed E-state index contributed by atoms with van der Waals surface area (Å²) in [6.45, 7) is 4.07. The number of hydrogen-bond acceptors (Lipinski definition) is 4. The van der Waals surface area contributed by atoms with E-state index in [1.165, 1.54) is 0 Å². The first-order valence-electron chi connectivity index (χ1n) is 9.94. The normalized spacial score (nSPS) is 11.2. The van der Waals surface area contributed by atoms with Gasteiger partial charge in [-0.05, 0) is 64.0 Å². The van der Waals surface area contributed by atoms with Gasteiger partial charge < -0.3 is 9.30 Å². The van der Waals surface area contributed by atoms with Crippen LogP contribution in [0.4, 0.5) is 0 Å². The number of ether oxygens (including phenoxy) is 1. The maximum atomic E-state index is 12.8. The van der Waals surface area contributed by atoms with Crippen molar-refractivity contribution in [1.82, 2.24) is 9.99 Å². The number of fused-ring (bicyclic) bond motifs is 2. The van der Waals surface area contributed by atoms with Crippen LogP contribution in [0.1, 0.15) is 5.56 Å². The standard InChI is InChI=1S/C25H20BrN3O3/c1-2-13-32-23-12-11-17(14-20(23)26)15-27-28-24(30)16-29-21-9-5-3-7-18(21)25(31)19-8-4-6-10-22(19)29/h2-12,14-15H,1,13,16H2,(H,28,30)/b27-15-. The molecule has 0 radical (unpaired) electrons. The molecule has 0 bridgehead atoms. The molecule has 4 aromatic rings. The minimum absolute atomic E-state index is 0.0245. The van der Waals surface area contributed by atoms with E-state index in [9.17, 15) is 9.59 Å². The van der Waals surface area contributed by atoms with E-state index in [1.807, 2.05) is 59.2 Å². The van der Waals surface area contributed by atoms with Gasteiger partial charge in [-0.25, -0.2) is 5.43 Å². The number of pyridine rings is 1. The van der Waals surface area contributed by atoms with Crippen LogP contribution in [0.2, 0.25) is 0 Å². The van der Waals surface area contributed by atoms with Crippen molar-refractivity contribution in [3.8, 4) is 5.75 Å². The van der Waals surface area contributed by atoms with E-state index < -0.39 is 0 Å². The summed E-state index contributed by atoms with van der Waals surface area (Å²) < 4.78 is 8.14. The smallest absolute Gasteiger partial charge is 0.260 e. The molecule has 3 aromatic carbocycles. The first-order valence-corrected chi connectivity index (χ1v) is 10.7. The summed E-state index contributed by atoms with van der Waals surface area (Å²) in [5, 5.41) is 5.22. The summed E-state index contributed by atoms with van der Waals surface area (Å²) in [5.41, 5.74) is 4.72. The highest BCUT2D eigenvalue weighted by molar-refractivity contribution is 9.10. The monoisotopic (exact) mass is 489 g/mol. The molecule has 1 N–H and O–H groups in total. The molecular formula is C25H20BrN3O3. The lowest BCUT2D eigenvalue weighted by Gasteiger charge is -2.14. The summed E-state index contributed by atoms with van der Waals surface area (Å²) in [5.74, 6) is 0.397. The van der Waals surface area contributed by atoms with E-state index in [-0.39, 0.29) is 17.9 Å². The quantitative estimate of drug-likeness (QED) is 0.178. The number of para-hydroxylation sites is 2. The van der Waals surface area contributed by atoms with Crippen LogP contribution in [0.25, 0.3) is 21.8 Å². The molecule has 0 aliphatic heterocycles. The zero-order valence-electron chi connectivity index (χ0n) is 17.1. The molecule has 6 nitrogen and oxygen atoms in total. The van der Waals surface area contributed by atoms with E-state index >= 15 is 0 Å². The fraction of sp³-hybridized carbons (Fsp3) is 0.0800. The Hall–Kier alpha value is -3.71. The van der Waals surface area contributed by atoms with Crippen LogP contribution in [0.15, 0.2) is 93.8 Å². The molecule has 0 saturated carbocycles. The molecule has 0 spiro atoms. The van der Waals surface area contributed by atoms with Crippen LogP contribution < -0.4 is 15.6 Å². The second-order valence-corrected chi connectivity index (χ2v) is 7.89. The molecular weight excluding hydrogens is 470 g/mol. The topological polar surface area (TPSA) is 72.7 Å². The van der Waals surface area contributed by atoms with Crippen molar-refractivity contribution in [2.24, 2.45) is 5.10 Å². The Morgan fingerprint density at radius 2 is 1.72 bits per heavy atom. The SMILES string of the molecule is C=CCOc1ccc(/C=N\NC(=O)Cn2c3ccccc3c(=O)c3ccccc32)cc1Br. The number of hydrogen-bond donors (Lipinski definition) is 1. The number of nitrogens with zero attached hydrogens (tertiary/aromatic N) is 2. The van der Waals surface area contributed by atoms with Crippen molar-refractivity contribution in [2.75, 3.05) is 6.61 Å². The number of hydrazone groups is 1. The van der Waals surface area contributed by atoms with Gasteiger partial charge in [0.2, 0.25) is 0 Å². The van der Waals surface area contributed by atoms with E-state index in [0.717, 1.165) is 10.0 Å². The average Bonchev–Trinajstić information content (AvgIpc) is 2.81. The van der Waals surface area contributed by atoms with Crippen molar-refractivity contribution in [1.29, 1.82) is 0 Å². The molecule has 0 fully saturated rings. The van der Waals surface area contributed by atoms with Gasteiger partial charge >= 0.3 is 0 Å². The average molecular weight is 490 g/mol. The lowest BCUT2D eigenvalue weighted by atomic mass is 10.1. The molecule has 1 amide bonds. The predicted octanol–water partition coefficient (Wildman–Crippen LogP) is 4.63. The molecule has 0 unspecified atom stereocenters. The van der Waals surface area contributed by atoms with Gasteiger partial charge in [-0.15, -0.1) is 0 Å². The highest BCUT2D eigenvalue weighted by atomic mass is 79.9. The zero-order valence-corrected chi connectivity index (χ0v) is 18.7. The number of rotatable bonds is 7. The van der Waals surface area contributed by atoms with Gasteiger partial charge in [-0.1, -0.05) is 36.9 Å². The third kappa shape index (κ3) is 4.48. The van der Waals surface area contributed by atoms with E-state index in [1.54, 1.807) is 24.4 Å². The molecule has 4 rings (SSSR count). The van der Waals surface area contributed by atoms with Crippen molar-refractivity contribution >= 4 is 49.9 Å². The van der Waals surface area contributed by atoms with Crippen LogP contribution in [-0.4, -0.2) is 23.3 Å². The van der Waals surface area contributed by atoms with Crippen molar-refractivity contribution in [3.63, 3.8) is 0 Å². The third-order valence-electron chi connectivity index (χ3n) is 4.90. The van der Waals surface area contributed by atoms with Gasteiger partial charge in [0.05, 0.1) is 21.7 Å². The highest BCUT2D eigenvalue weighted by Crippen LogP contribution is 2.25. The number of nitrogens with one attached hydrogen (secondary N) is 1. The highest BCUT2D eigenvalue weighted by Gasteiger charge is 2.12. The Labute approximate surface area is 193 Å². The summed E-state index contributed by atoms with van der Waals surface area (Å²) >= 11 is 3.46. The maximum Gasteiger partial charge on any atom is 0.260 e. The van der Waals surface area contributed by atoms with Crippen LogP contribution in [0, 0.1) is 0 Å².